The lowest BCUT2D eigenvalue weighted by Crippen LogP contribution is -2.57. The van der Waals surface area contributed by atoms with Crippen molar-refractivity contribution in [2.75, 3.05) is 26.9 Å². The van der Waals surface area contributed by atoms with E-state index in [2.05, 4.69) is 0 Å². The summed E-state index contributed by atoms with van der Waals surface area (Å²) in [7, 11) is 1.41. The molecule has 0 radical (unpaired) electrons. The molecule has 1 heterocycles. The second-order valence-electron chi connectivity index (χ2n) is 4.25. The van der Waals surface area contributed by atoms with Crippen LogP contribution in [0, 0.1) is 5.82 Å². The number of halogens is 1. The molecule has 0 aliphatic carbocycles. The highest BCUT2D eigenvalue weighted by Gasteiger charge is 2.46. The highest BCUT2D eigenvalue weighted by atomic mass is 19.1. The van der Waals surface area contributed by atoms with Gasteiger partial charge in [-0.15, -0.1) is 0 Å². The van der Waals surface area contributed by atoms with Gasteiger partial charge in [0.2, 0.25) is 0 Å². The minimum atomic E-state index is -0.732. The van der Waals surface area contributed by atoms with Gasteiger partial charge in [0.1, 0.15) is 0 Å². The summed E-state index contributed by atoms with van der Waals surface area (Å²) in [6.07, 6.45) is -0.732. The Labute approximate surface area is 99.1 Å². The van der Waals surface area contributed by atoms with Crippen molar-refractivity contribution in [2.45, 2.75) is 11.5 Å². The lowest BCUT2D eigenvalue weighted by molar-refractivity contribution is -0.116. The van der Waals surface area contributed by atoms with Crippen molar-refractivity contribution in [2.24, 2.45) is 5.73 Å². The van der Waals surface area contributed by atoms with Crippen molar-refractivity contribution in [1.29, 1.82) is 0 Å². The van der Waals surface area contributed by atoms with Crippen molar-refractivity contribution in [3.8, 4) is 5.75 Å². The third kappa shape index (κ3) is 1.90. The molecule has 0 bridgehead atoms. The fourth-order valence-corrected chi connectivity index (χ4v) is 2.08. The normalized spacial score (nSPS) is 19.5. The number of nitrogens with two attached hydrogens (primary N) is 1. The van der Waals surface area contributed by atoms with E-state index in [4.69, 9.17) is 15.2 Å². The van der Waals surface area contributed by atoms with Crippen LogP contribution in [0.2, 0.25) is 0 Å². The van der Waals surface area contributed by atoms with E-state index in [1.165, 1.54) is 13.2 Å². The molecular formula is C12H16FNO3. The Morgan fingerprint density at radius 2 is 2.29 bits per heavy atom. The molecule has 1 saturated heterocycles. The van der Waals surface area contributed by atoms with Gasteiger partial charge in [-0.1, -0.05) is 6.07 Å². The van der Waals surface area contributed by atoms with Gasteiger partial charge in [-0.05, 0) is 17.7 Å². The predicted molar refractivity (Wildman–Crippen MR) is 60.5 cm³/mol. The molecule has 17 heavy (non-hydrogen) atoms. The first-order valence-electron chi connectivity index (χ1n) is 5.44. The Balaban J connectivity index is 2.35. The third-order valence-corrected chi connectivity index (χ3v) is 3.31. The smallest absolute Gasteiger partial charge is 0.165 e. The van der Waals surface area contributed by atoms with Crippen LogP contribution in [0.15, 0.2) is 18.2 Å². The Morgan fingerprint density at radius 1 is 1.59 bits per heavy atom. The van der Waals surface area contributed by atoms with Crippen LogP contribution in [0.4, 0.5) is 4.39 Å². The van der Waals surface area contributed by atoms with Gasteiger partial charge in [-0.3, -0.25) is 0 Å². The summed E-state index contributed by atoms with van der Waals surface area (Å²) in [5.41, 5.74) is 5.59. The van der Waals surface area contributed by atoms with E-state index in [0.717, 1.165) is 0 Å². The van der Waals surface area contributed by atoms with Crippen molar-refractivity contribution >= 4 is 0 Å². The van der Waals surface area contributed by atoms with Crippen LogP contribution in [-0.4, -0.2) is 38.1 Å². The summed E-state index contributed by atoms with van der Waals surface area (Å²) in [5.74, 6) is -0.258. The fourth-order valence-electron chi connectivity index (χ4n) is 2.08. The van der Waals surface area contributed by atoms with Crippen molar-refractivity contribution in [1.82, 2.24) is 0 Å². The van der Waals surface area contributed by atoms with Gasteiger partial charge in [-0.2, -0.15) is 0 Å². The fraction of sp³-hybridized carbons (Fsp3) is 0.500. The van der Waals surface area contributed by atoms with Gasteiger partial charge in [0, 0.05) is 6.54 Å². The van der Waals surface area contributed by atoms with Crippen LogP contribution >= 0.6 is 0 Å². The highest BCUT2D eigenvalue weighted by molar-refractivity contribution is 5.36. The van der Waals surface area contributed by atoms with E-state index in [0.29, 0.717) is 18.8 Å². The molecular weight excluding hydrogens is 225 g/mol. The van der Waals surface area contributed by atoms with Gasteiger partial charge >= 0.3 is 0 Å². The number of methoxy groups -OCH3 is 1. The van der Waals surface area contributed by atoms with E-state index in [9.17, 15) is 9.50 Å². The Morgan fingerprint density at radius 3 is 2.71 bits per heavy atom. The summed E-state index contributed by atoms with van der Waals surface area (Å²) < 4.78 is 23.6. The molecule has 1 fully saturated rings. The van der Waals surface area contributed by atoms with E-state index in [1.807, 2.05) is 0 Å². The molecule has 1 unspecified atom stereocenters. The monoisotopic (exact) mass is 241 g/mol. The lowest BCUT2D eigenvalue weighted by Gasteiger charge is -2.45. The van der Waals surface area contributed by atoms with Crippen molar-refractivity contribution in [3.05, 3.63) is 29.6 Å². The van der Waals surface area contributed by atoms with E-state index >= 15 is 0 Å². The van der Waals surface area contributed by atoms with Crippen molar-refractivity contribution in [3.63, 3.8) is 0 Å². The number of ether oxygens (including phenoxy) is 2. The van der Waals surface area contributed by atoms with Gasteiger partial charge in [0.25, 0.3) is 0 Å². The molecule has 1 aliphatic rings. The van der Waals surface area contributed by atoms with E-state index in [1.54, 1.807) is 12.1 Å². The van der Waals surface area contributed by atoms with Gasteiger partial charge in [-0.25, -0.2) is 4.39 Å². The number of aliphatic hydroxyl groups excluding tert-OH is 1. The molecule has 1 aromatic carbocycles. The second-order valence-corrected chi connectivity index (χ2v) is 4.25. The zero-order valence-electron chi connectivity index (χ0n) is 9.65. The Hall–Kier alpha value is -1.17. The third-order valence-electron chi connectivity index (χ3n) is 3.31. The van der Waals surface area contributed by atoms with Crippen LogP contribution in [0.5, 0.6) is 5.75 Å². The minimum absolute atomic E-state index is 0.122. The highest BCUT2D eigenvalue weighted by Crippen LogP contribution is 2.37. The Bertz CT molecular complexity index is 407. The molecule has 5 heteroatoms. The maximum absolute atomic E-state index is 13.6. The largest absolute Gasteiger partial charge is 0.494 e. The first kappa shape index (κ1) is 12.3. The number of hydrogen-bond donors (Lipinski definition) is 2. The topological polar surface area (TPSA) is 64.7 Å². The van der Waals surface area contributed by atoms with Crippen LogP contribution in [-0.2, 0) is 10.2 Å². The predicted octanol–water partition coefficient (Wildman–Crippen LogP) is 0.422. The van der Waals surface area contributed by atoms with E-state index < -0.39 is 17.3 Å². The minimum Gasteiger partial charge on any atom is -0.494 e. The molecule has 2 rings (SSSR count). The SMILES string of the molecule is COc1ccc(C2(C(O)CN)COC2)cc1F. The summed E-state index contributed by atoms with van der Waals surface area (Å²) in [6.45, 7) is 0.839. The number of hydrogen-bond acceptors (Lipinski definition) is 4. The Kier molecular flexibility index (Phi) is 3.33. The van der Waals surface area contributed by atoms with Gasteiger partial charge in [0.15, 0.2) is 11.6 Å². The molecule has 94 valence electrons. The van der Waals surface area contributed by atoms with Gasteiger partial charge in [0.05, 0.1) is 31.8 Å². The maximum Gasteiger partial charge on any atom is 0.165 e. The number of aliphatic hydroxyl groups is 1. The number of rotatable bonds is 4. The molecule has 0 aromatic heterocycles. The maximum atomic E-state index is 13.6. The van der Waals surface area contributed by atoms with Crippen LogP contribution < -0.4 is 10.5 Å². The lowest BCUT2D eigenvalue weighted by atomic mass is 9.74. The molecule has 1 aliphatic heterocycles. The van der Waals surface area contributed by atoms with E-state index in [-0.39, 0.29) is 12.3 Å². The first-order valence-corrected chi connectivity index (χ1v) is 5.44. The first-order chi connectivity index (χ1) is 8.14. The summed E-state index contributed by atoms with van der Waals surface area (Å²) in [4.78, 5) is 0. The summed E-state index contributed by atoms with van der Waals surface area (Å²) in [5, 5.41) is 9.94. The van der Waals surface area contributed by atoms with Crippen LogP contribution in [0.3, 0.4) is 0 Å². The van der Waals surface area contributed by atoms with Crippen molar-refractivity contribution < 1.29 is 19.0 Å². The average Bonchev–Trinajstić information content (AvgIpc) is 2.27. The van der Waals surface area contributed by atoms with Gasteiger partial charge < -0.3 is 20.3 Å². The quantitative estimate of drug-likeness (QED) is 0.802. The summed E-state index contributed by atoms with van der Waals surface area (Å²) in [6, 6.07) is 4.66. The number of benzene rings is 1. The molecule has 1 atom stereocenters. The molecule has 0 amide bonds. The molecule has 1 aromatic rings. The summed E-state index contributed by atoms with van der Waals surface area (Å²) >= 11 is 0. The second kappa shape index (κ2) is 4.60. The molecule has 3 N–H and O–H groups in total. The van der Waals surface area contributed by atoms with Crippen LogP contribution in [0.1, 0.15) is 5.56 Å². The average molecular weight is 241 g/mol. The molecule has 0 saturated carbocycles. The molecule has 0 spiro atoms. The zero-order chi connectivity index (χ0) is 12.5. The molecule has 4 nitrogen and oxygen atoms in total. The zero-order valence-corrected chi connectivity index (χ0v) is 9.65. The van der Waals surface area contributed by atoms with Crippen LogP contribution in [0.25, 0.3) is 0 Å². The standard InChI is InChI=1S/C12H16FNO3/c1-16-10-3-2-8(4-9(10)13)12(6-17-7-12)11(15)5-14/h2-4,11,15H,5-7,14H2,1H3.